The van der Waals surface area contributed by atoms with Crippen LogP contribution in [0.2, 0.25) is 0 Å². The summed E-state index contributed by atoms with van der Waals surface area (Å²) in [6.07, 6.45) is 3.04. The zero-order valence-electron chi connectivity index (χ0n) is 14.9. The second-order valence-electron chi connectivity index (χ2n) is 6.25. The molecule has 0 radical (unpaired) electrons. The molecular formula is C21H18N4O3. The van der Waals surface area contributed by atoms with E-state index >= 15 is 0 Å². The summed E-state index contributed by atoms with van der Waals surface area (Å²) < 4.78 is 5.03. The van der Waals surface area contributed by atoms with E-state index < -0.39 is 5.91 Å². The van der Waals surface area contributed by atoms with E-state index in [-0.39, 0.29) is 24.3 Å². The number of amides is 2. The van der Waals surface area contributed by atoms with Crippen LogP contribution in [0.5, 0.6) is 0 Å². The molecular weight excluding hydrogens is 356 g/mol. The highest BCUT2D eigenvalue weighted by Crippen LogP contribution is 2.24. The molecule has 2 heterocycles. The Bertz CT molecular complexity index is 1090. The molecule has 2 amide bonds. The van der Waals surface area contributed by atoms with E-state index in [9.17, 15) is 9.59 Å². The van der Waals surface area contributed by atoms with Crippen LogP contribution >= 0.6 is 0 Å². The Labute approximate surface area is 160 Å². The first-order valence-electron chi connectivity index (χ1n) is 8.80. The smallest absolute Gasteiger partial charge is 0.287 e. The predicted molar refractivity (Wildman–Crippen MR) is 104 cm³/mol. The number of carbonyl (C=O) groups is 2. The fourth-order valence-corrected chi connectivity index (χ4v) is 3.00. The van der Waals surface area contributed by atoms with Crippen LogP contribution in [0.3, 0.4) is 0 Å². The number of rotatable bonds is 6. The Morgan fingerprint density at radius 3 is 2.68 bits per heavy atom. The van der Waals surface area contributed by atoms with Gasteiger partial charge < -0.3 is 20.0 Å². The molecule has 0 saturated heterocycles. The highest BCUT2D eigenvalue weighted by atomic mass is 16.3. The second-order valence-corrected chi connectivity index (χ2v) is 6.25. The first-order valence-corrected chi connectivity index (χ1v) is 8.80. The maximum absolute atomic E-state index is 12.5. The van der Waals surface area contributed by atoms with Gasteiger partial charge in [0, 0.05) is 0 Å². The lowest BCUT2D eigenvalue weighted by Gasteiger charge is -2.20. The van der Waals surface area contributed by atoms with Crippen LogP contribution in [-0.2, 0) is 4.79 Å². The van der Waals surface area contributed by atoms with Crippen molar-refractivity contribution in [2.45, 2.75) is 6.04 Å². The number of furan rings is 1. The van der Waals surface area contributed by atoms with Crippen molar-refractivity contribution in [3.63, 3.8) is 0 Å². The summed E-state index contributed by atoms with van der Waals surface area (Å²) in [6, 6.07) is 18.3. The topological polar surface area (TPSA) is 100 Å². The van der Waals surface area contributed by atoms with Crippen LogP contribution in [-0.4, -0.2) is 28.3 Å². The summed E-state index contributed by atoms with van der Waals surface area (Å²) in [5.41, 5.74) is 3.59. The Balaban J connectivity index is 1.52. The van der Waals surface area contributed by atoms with Crippen LogP contribution in [0.25, 0.3) is 11.0 Å². The molecule has 3 N–H and O–H groups in total. The van der Waals surface area contributed by atoms with Gasteiger partial charge >= 0.3 is 0 Å². The van der Waals surface area contributed by atoms with Crippen molar-refractivity contribution in [3.8, 4) is 0 Å². The molecule has 4 rings (SSSR count). The van der Waals surface area contributed by atoms with Gasteiger partial charge in [-0.25, -0.2) is 4.98 Å². The quantitative estimate of drug-likeness (QED) is 0.483. The number of aromatic nitrogens is 2. The molecule has 0 aliphatic heterocycles. The highest BCUT2D eigenvalue weighted by Gasteiger charge is 2.18. The minimum absolute atomic E-state index is 0.158. The second kappa shape index (κ2) is 7.79. The lowest BCUT2D eigenvalue weighted by atomic mass is 9.98. The van der Waals surface area contributed by atoms with Crippen LogP contribution < -0.4 is 10.6 Å². The van der Waals surface area contributed by atoms with Gasteiger partial charge in [-0.2, -0.15) is 0 Å². The molecule has 1 atom stereocenters. The van der Waals surface area contributed by atoms with Crippen molar-refractivity contribution >= 4 is 22.8 Å². The average Bonchev–Trinajstić information content (AvgIpc) is 3.42. The molecule has 0 spiro atoms. The summed E-state index contributed by atoms with van der Waals surface area (Å²) in [5, 5.41) is 5.55. The molecule has 7 nitrogen and oxygen atoms in total. The maximum Gasteiger partial charge on any atom is 0.287 e. The molecule has 7 heteroatoms. The number of nitrogens with one attached hydrogen (secondary N) is 3. The number of imidazole rings is 1. The molecule has 0 fully saturated rings. The third-order valence-corrected chi connectivity index (χ3v) is 4.37. The van der Waals surface area contributed by atoms with Crippen molar-refractivity contribution in [2.24, 2.45) is 0 Å². The Kier molecular flexibility index (Phi) is 4.88. The molecule has 0 bridgehead atoms. The van der Waals surface area contributed by atoms with Crippen molar-refractivity contribution in [1.82, 2.24) is 20.6 Å². The van der Waals surface area contributed by atoms with Gasteiger partial charge in [0.15, 0.2) is 5.76 Å². The average molecular weight is 374 g/mol. The number of H-pyrrole nitrogens is 1. The van der Waals surface area contributed by atoms with Gasteiger partial charge in [0.1, 0.15) is 0 Å². The third-order valence-electron chi connectivity index (χ3n) is 4.37. The Morgan fingerprint density at radius 2 is 1.89 bits per heavy atom. The van der Waals surface area contributed by atoms with E-state index in [4.69, 9.17) is 4.42 Å². The van der Waals surface area contributed by atoms with E-state index in [1.807, 2.05) is 48.5 Å². The predicted octanol–water partition coefficient (Wildman–Crippen LogP) is 2.79. The van der Waals surface area contributed by atoms with Gasteiger partial charge in [0.2, 0.25) is 5.91 Å². The van der Waals surface area contributed by atoms with E-state index in [0.717, 1.165) is 22.2 Å². The summed E-state index contributed by atoms with van der Waals surface area (Å²) >= 11 is 0. The molecule has 0 saturated carbocycles. The van der Waals surface area contributed by atoms with Crippen LogP contribution in [0.1, 0.15) is 27.7 Å². The lowest BCUT2D eigenvalue weighted by molar-refractivity contribution is -0.120. The van der Waals surface area contributed by atoms with Crippen molar-refractivity contribution in [1.29, 1.82) is 0 Å². The molecule has 1 unspecified atom stereocenters. The number of hydrogen-bond acceptors (Lipinski definition) is 4. The van der Waals surface area contributed by atoms with Gasteiger partial charge in [-0.05, 0) is 35.4 Å². The molecule has 140 valence electrons. The standard InChI is InChI=1S/C21H18N4O3/c26-19(12-22-21(27)18-7-4-10-28-18)25-20(14-5-2-1-3-6-14)15-8-9-16-17(11-15)24-13-23-16/h1-11,13,20H,12H2,(H,22,27)(H,23,24)(H,25,26). The minimum atomic E-state index is -0.435. The highest BCUT2D eigenvalue weighted by molar-refractivity contribution is 5.94. The van der Waals surface area contributed by atoms with E-state index in [1.54, 1.807) is 18.5 Å². The summed E-state index contributed by atoms with van der Waals surface area (Å²) in [7, 11) is 0. The van der Waals surface area contributed by atoms with Gasteiger partial charge in [-0.3, -0.25) is 9.59 Å². The number of benzene rings is 2. The van der Waals surface area contributed by atoms with Crippen molar-refractivity contribution < 1.29 is 14.0 Å². The molecule has 4 aromatic rings. The number of hydrogen-bond donors (Lipinski definition) is 3. The SMILES string of the molecule is O=C(CNC(=O)c1ccco1)NC(c1ccccc1)c1ccc2nc[nH]c2c1. The molecule has 0 aliphatic carbocycles. The molecule has 0 aliphatic rings. The van der Waals surface area contributed by atoms with Crippen molar-refractivity contribution in [2.75, 3.05) is 6.54 Å². The Morgan fingerprint density at radius 1 is 1.04 bits per heavy atom. The largest absolute Gasteiger partial charge is 0.459 e. The lowest BCUT2D eigenvalue weighted by Crippen LogP contribution is -2.38. The number of fused-ring (bicyclic) bond motifs is 1. The first-order chi connectivity index (χ1) is 13.7. The molecule has 2 aromatic heterocycles. The number of carbonyl (C=O) groups excluding carboxylic acids is 2. The first kappa shape index (κ1) is 17.5. The van der Waals surface area contributed by atoms with Gasteiger partial charge in [-0.15, -0.1) is 0 Å². The fourth-order valence-electron chi connectivity index (χ4n) is 3.00. The monoisotopic (exact) mass is 374 g/mol. The number of nitrogens with zero attached hydrogens (tertiary/aromatic N) is 1. The minimum Gasteiger partial charge on any atom is -0.459 e. The van der Waals surface area contributed by atoms with Gasteiger partial charge in [0.25, 0.3) is 5.91 Å². The van der Waals surface area contributed by atoms with Gasteiger partial charge in [0.05, 0.1) is 36.2 Å². The van der Waals surface area contributed by atoms with Gasteiger partial charge in [-0.1, -0.05) is 36.4 Å². The van der Waals surface area contributed by atoms with Crippen molar-refractivity contribution in [3.05, 3.63) is 90.1 Å². The van der Waals surface area contributed by atoms with E-state index in [1.165, 1.54) is 6.26 Å². The van der Waals surface area contributed by atoms with Crippen LogP contribution in [0, 0.1) is 0 Å². The fraction of sp³-hybridized carbons (Fsp3) is 0.0952. The third kappa shape index (κ3) is 3.78. The molecule has 28 heavy (non-hydrogen) atoms. The van der Waals surface area contributed by atoms with E-state index in [2.05, 4.69) is 20.6 Å². The molecule has 2 aromatic carbocycles. The summed E-state index contributed by atoms with van der Waals surface area (Å²) in [4.78, 5) is 31.8. The summed E-state index contributed by atoms with van der Waals surface area (Å²) in [6.45, 7) is -0.158. The van der Waals surface area contributed by atoms with Crippen LogP contribution in [0.15, 0.2) is 77.7 Å². The summed E-state index contributed by atoms with van der Waals surface area (Å²) in [5.74, 6) is -0.578. The van der Waals surface area contributed by atoms with Crippen LogP contribution in [0.4, 0.5) is 0 Å². The zero-order chi connectivity index (χ0) is 19.3. The number of aromatic amines is 1. The normalized spacial score (nSPS) is 11.9. The Hall–Kier alpha value is -3.87. The maximum atomic E-state index is 12.5. The zero-order valence-corrected chi connectivity index (χ0v) is 14.9. The van der Waals surface area contributed by atoms with E-state index in [0.29, 0.717) is 0 Å².